The Balaban J connectivity index is 1.49. The zero-order valence-corrected chi connectivity index (χ0v) is 18.4. The fourth-order valence-corrected chi connectivity index (χ4v) is 4.81. The molecule has 0 saturated carbocycles. The van der Waals surface area contributed by atoms with Crippen molar-refractivity contribution < 1.29 is 27.1 Å². The minimum atomic E-state index is -3.39. The molecular weight excluding hydrogens is 435 g/mol. The van der Waals surface area contributed by atoms with Crippen LogP contribution in [0.2, 0.25) is 0 Å². The predicted octanol–water partition coefficient (Wildman–Crippen LogP) is 3.43. The lowest BCUT2D eigenvalue weighted by molar-refractivity contribution is 0.0473. The highest BCUT2D eigenvalue weighted by Crippen LogP contribution is 2.30. The number of hydrogen-bond acceptors (Lipinski definition) is 6. The van der Waals surface area contributed by atoms with Gasteiger partial charge in [-0.2, -0.15) is 0 Å². The summed E-state index contributed by atoms with van der Waals surface area (Å²) in [5, 5.41) is 0.584. The summed E-state index contributed by atoms with van der Waals surface area (Å²) in [6, 6.07) is 10.4. The monoisotopic (exact) mass is 456 g/mol. The fraction of sp³-hybridized carbons (Fsp3) is 0.261. The molecule has 1 aliphatic heterocycles. The summed E-state index contributed by atoms with van der Waals surface area (Å²) in [4.78, 5) is 29.4. The Morgan fingerprint density at radius 1 is 1.16 bits per heavy atom. The van der Waals surface area contributed by atoms with E-state index in [1.165, 1.54) is 28.6 Å². The Labute approximate surface area is 184 Å². The number of nitrogens with zero attached hydrogens (tertiary/aromatic N) is 2. The van der Waals surface area contributed by atoms with Crippen LogP contribution < -0.4 is 4.31 Å². The maximum absolute atomic E-state index is 13.4. The molecule has 9 heteroatoms. The summed E-state index contributed by atoms with van der Waals surface area (Å²) in [7, 11) is -3.39. The SMILES string of the molecule is Cc1nc2cc(F)ccc2cc1C(=O)OCC(=O)c1ccc2c(c1)CCCN2S(C)(=O)=O. The maximum Gasteiger partial charge on any atom is 0.340 e. The number of hydrogen-bond donors (Lipinski definition) is 0. The van der Waals surface area contributed by atoms with E-state index in [4.69, 9.17) is 4.74 Å². The minimum absolute atomic E-state index is 0.200. The molecule has 2 heterocycles. The highest BCUT2D eigenvalue weighted by molar-refractivity contribution is 7.92. The van der Waals surface area contributed by atoms with Crippen molar-refractivity contribution in [3.63, 3.8) is 0 Å². The van der Waals surface area contributed by atoms with Gasteiger partial charge in [-0.1, -0.05) is 0 Å². The Bertz CT molecular complexity index is 1350. The molecule has 0 unspecified atom stereocenters. The first-order chi connectivity index (χ1) is 15.1. The number of carbonyl (C=O) groups is 2. The number of anilines is 1. The predicted molar refractivity (Wildman–Crippen MR) is 118 cm³/mol. The van der Waals surface area contributed by atoms with Crippen molar-refractivity contribution >= 4 is 38.4 Å². The zero-order valence-electron chi connectivity index (χ0n) is 17.6. The number of esters is 1. The molecule has 0 atom stereocenters. The maximum atomic E-state index is 13.4. The molecule has 0 amide bonds. The van der Waals surface area contributed by atoms with Crippen LogP contribution in [0.4, 0.5) is 10.1 Å². The van der Waals surface area contributed by atoms with Crippen molar-refractivity contribution in [2.75, 3.05) is 23.7 Å². The average molecular weight is 456 g/mol. The summed E-state index contributed by atoms with van der Waals surface area (Å²) >= 11 is 0. The first kappa shape index (κ1) is 21.9. The molecule has 1 aromatic heterocycles. The normalized spacial score (nSPS) is 13.7. The molecule has 1 aliphatic rings. The molecule has 0 aliphatic carbocycles. The Morgan fingerprint density at radius 2 is 1.94 bits per heavy atom. The van der Waals surface area contributed by atoms with Crippen molar-refractivity contribution in [1.82, 2.24) is 4.98 Å². The van der Waals surface area contributed by atoms with Crippen molar-refractivity contribution in [1.29, 1.82) is 0 Å². The zero-order chi connectivity index (χ0) is 23.0. The summed E-state index contributed by atoms with van der Waals surface area (Å²) in [6.07, 6.45) is 2.47. The number of Topliss-reactive ketones (excluding diaryl/α,β-unsaturated/α-hetero) is 1. The van der Waals surface area contributed by atoms with Gasteiger partial charge >= 0.3 is 5.97 Å². The van der Waals surface area contributed by atoms with E-state index in [9.17, 15) is 22.4 Å². The molecule has 2 aromatic carbocycles. The molecule has 32 heavy (non-hydrogen) atoms. The number of halogens is 1. The average Bonchev–Trinajstić information content (AvgIpc) is 2.75. The molecule has 0 fully saturated rings. The van der Waals surface area contributed by atoms with Crippen LogP contribution >= 0.6 is 0 Å². The van der Waals surface area contributed by atoms with E-state index in [-0.39, 0.29) is 5.56 Å². The second-order valence-corrected chi connectivity index (χ2v) is 9.65. The number of benzene rings is 2. The lowest BCUT2D eigenvalue weighted by Crippen LogP contribution is -2.34. The molecule has 166 valence electrons. The van der Waals surface area contributed by atoms with Gasteiger partial charge in [-0.3, -0.25) is 14.1 Å². The van der Waals surface area contributed by atoms with Gasteiger partial charge in [-0.25, -0.2) is 17.6 Å². The van der Waals surface area contributed by atoms with Crippen LogP contribution in [-0.4, -0.2) is 44.6 Å². The van der Waals surface area contributed by atoms with Crippen LogP contribution in [0.25, 0.3) is 10.9 Å². The number of rotatable bonds is 5. The van der Waals surface area contributed by atoms with Gasteiger partial charge in [0.25, 0.3) is 0 Å². The van der Waals surface area contributed by atoms with Gasteiger partial charge in [0.05, 0.1) is 28.7 Å². The first-order valence-corrected chi connectivity index (χ1v) is 11.9. The highest BCUT2D eigenvalue weighted by atomic mass is 32.2. The third-order valence-corrected chi connectivity index (χ3v) is 6.58. The van der Waals surface area contributed by atoms with Gasteiger partial charge in [0.15, 0.2) is 12.4 Å². The van der Waals surface area contributed by atoms with Gasteiger partial charge in [-0.05, 0) is 61.7 Å². The summed E-state index contributed by atoms with van der Waals surface area (Å²) in [5.41, 5.74) is 2.67. The number of aromatic nitrogens is 1. The van der Waals surface area contributed by atoms with Gasteiger partial charge in [-0.15, -0.1) is 0 Å². The number of carbonyl (C=O) groups excluding carboxylic acids is 2. The number of ketones is 1. The second kappa shape index (κ2) is 8.31. The van der Waals surface area contributed by atoms with Crippen molar-refractivity contribution in [2.45, 2.75) is 19.8 Å². The highest BCUT2D eigenvalue weighted by Gasteiger charge is 2.25. The van der Waals surface area contributed by atoms with Crippen molar-refractivity contribution in [3.05, 3.63) is 70.7 Å². The Kier molecular flexibility index (Phi) is 5.68. The van der Waals surface area contributed by atoms with Gasteiger partial charge in [0.2, 0.25) is 10.0 Å². The summed E-state index contributed by atoms with van der Waals surface area (Å²) in [5.74, 6) is -1.52. The van der Waals surface area contributed by atoms with E-state index in [1.807, 2.05) is 0 Å². The van der Waals surface area contributed by atoms with E-state index >= 15 is 0 Å². The number of sulfonamides is 1. The van der Waals surface area contributed by atoms with Crippen LogP contribution in [0.1, 0.15) is 38.4 Å². The Morgan fingerprint density at radius 3 is 2.69 bits per heavy atom. The van der Waals surface area contributed by atoms with Crippen LogP contribution in [0, 0.1) is 12.7 Å². The topological polar surface area (TPSA) is 93.6 Å². The van der Waals surface area contributed by atoms with E-state index < -0.39 is 34.2 Å². The standard InChI is InChI=1S/C23H21FN2O5S/c1-14-19(11-15-5-7-18(24)12-20(15)25-14)23(28)31-13-22(27)17-6-8-21-16(10-17)4-3-9-26(21)32(2,29)30/h5-8,10-12H,3-4,9,13H2,1-2H3. The molecule has 3 aromatic rings. The van der Waals surface area contributed by atoms with Gasteiger partial charge < -0.3 is 4.74 Å². The quantitative estimate of drug-likeness (QED) is 0.431. The van der Waals surface area contributed by atoms with Crippen molar-refractivity contribution in [2.24, 2.45) is 0 Å². The molecule has 0 radical (unpaired) electrons. The van der Waals surface area contributed by atoms with Crippen LogP contribution in [0.5, 0.6) is 0 Å². The van der Waals surface area contributed by atoms with E-state index in [1.54, 1.807) is 25.1 Å². The number of ether oxygens (including phenoxy) is 1. The third-order valence-electron chi connectivity index (χ3n) is 5.40. The summed E-state index contributed by atoms with van der Waals surface area (Å²) in [6.45, 7) is 1.55. The first-order valence-electron chi connectivity index (χ1n) is 10.0. The Hall–Kier alpha value is -3.33. The largest absolute Gasteiger partial charge is 0.454 e. The molecular formula is C23H21FN2O5S. The van der Waals surface area contributed by atoms with E-state index in [0.717, 1.165) is 11.8 Å². The van der Waals surface area contributed by atoms with Crippen LogP contribution in [0.15, 0.2) is 42.5 Å². The summed E-state index contributed by atoms with van der Waals surface area (Å²) < 4.78 is 43.9. The third kappa shape index (κ3) is 4.34. The molecule has 0 spiro atoms. The fourth-order valence-electron chi connectivity index (χ4n) is 3.82. The molecule has 0 bridgehead atoms. The lowest BCUT2D eigenvalue weighted by Gasteiger charge is -2.29. The molecule has 0 N–H and O–H groups in total. The van der Waals surface area contributed by atoms with Crippen molar-refractivity contribution in [3.8, 4) is 0 Å². The molecule has 0 saturated heterocycles. The van der Waals surface area contributed by atoms with Crippen LogP contribution in [-0.2, 0) is 21.2 Å². The second-order valence-electron chi connectivity index (χ2n) is 7.74. The lowest BCUT2D eigenvalue weighted by atomic mass is 9.99. The minimum Gasteiger partial charge on any atom is -0.454 e. The smallest absolute Gasteiger partial charge is 0.340 e. The van der Waals surface area contributed by atoms with E-state index in [0.29, 0.717) is 47.2 Å². The number of pyridine rings is 1. The molecule has 7 nitrogen and oxygen atoms in total. The number of fused-ring (bicyclic) bond motifs is 2. The van der Waals surface area contributed by atoms with Gasteiger partial charge in [0, 0.05) is 23.6 Å². The van der Waals surface area contributed by atoms with E-state index in [2.05, 4.69) is 4.98 Å². The van der Waals surface area contributed by atoms with Crippen LogP contribution in [0.3, 0.4) is 0 Å². The number of aryl methyl sites for hydroxylation is 2. The molecule has 4 rings (SSSR count). The van der Waals surface area contributed by atoms with Gasteiger partial charge in [0.1, 0.15) is 5.82 Å².